The standard InChI is InChI=1S/C20H34N2S/c1-3-5-6-7-8-9-10-11-14-17-21-20(23)22-19-16-13-12-15-18(19)4-2/h12-13,15-16H,3-11,14,17H2,1-2H3,(H2,21,22,23). The molecular formula is C20H34N2S. The predicted octanol–water partition coefficient (Wildman–Crippen LogP) is 6.07. The molecule has 0 fully saturated rings. The summed E-state index contributed by atoms with van der Waals surface area (Å²) < 4.78 is 0. The van der Waals surface area contributed by atoms with E-state index in [-0.39, 0.29) is 0 Å². The van der Waals surface area contributed by atoms with Gasteiger partial charge in [0.1, 0.15) is 0 Å². The van der Waals surface area contributed by atoms with Crippen molar-refractivity contribution in [3.8, 4) is 0 Å². The molecule has 0 radical (unpaired) electrons. The second-order valence-electron chi connectivity index (χ2n) is 6.22. The topological polar surface area (TPSA) is 24.1 Å². The summed E-state index contributed by atoms with van der Waals surface area (Å²) in [6.07, 6.45) is 13.2. The summed E-state index contributed by atoms with van der Waals surface area (Å²) >= 11 is 5.38. The van der Waals surface area contributed by atoms with Crippen molar-refractivity contribution in [1.29, 1.82) is 0 Å². The van der Waals surface area contributed by atoms with E-state index in [2.05, 4.69) is 42.7 Å². The lowest BCUT2D eigenvalue weighted by Gasteiger charge is -2.13. The fourth-order valence-electron chi connectivity index (χ4n) is 2.75. The van der Waals surface area contributed by atoms with Gasteiger partial charge in [0.15, 0.2) is 5.11 Å². The Kier molecular flexibility index (Phi) is 11.6. The lowest BCUT2D eigenvalue weighted by molar-refractivity contribution is 0.563. The highest BCUT2D eigenvalue weighted by molar-refractivity contribution is 7.80. The first kappa shape index (κ1) is 20.0. The van der Waals surface area contributed by atoms with Crippen molar-refractivity contribution in [3.63, 3.8) is 0 Å². The van der Waals surface area contributed by atoms with Crippen LogP contribution in [0.4, 0.5) is 5.69 Å². The number of nitrogens with one attached hydrogen (secondary N) is 2. The van der Waals surface area contributed by atoms with Crippen LogP contribution in [0.25, 0.3) is 0 Å². The first-order chi connectivity index (χ1) is 11.3. The minimum absolute atomic E-state index is 0.741. The Bertz CT molecular complexity index is 431. The number of anilines is 1. The van der Waals surface area contributed by atoms with Gasteiger partial charge in [0.2, 0.25) is 0 Å². The molecule has 0 spiro atoms. The van der Waals surface area contributed by atoms with Gasteiger partial charge in [-0.25, -0.2) is 0 Å². The zero-order valence-electron chi connectivity index (χ0n) is 15.0. The van der Waals surface area contributed by atoms with Gasteiger partial charge in [0, 0.05) is 12.2 Å². The maximum atomic E-state index is 5.38. The average molecular weight is 335 g/mol. The molecule has 3 heteroatoms. The Morgan fingerprint density at radius 1 is 0.870 bits per heavy atom. The summed E-state index contributed by atoms with van der Waals surface area (Å²) in [5, 5.41) is 7.38. The van der Waals surface area contributed by atoms with Crippen molar-refractivity contribution in [2.45, 2.75) is 78.1 Å². The highest BCUT2D eigenvalue weighted by atomic mass is 32.1. The Labute approximate surface area is 148 Å². The van der Waals surface area contributed by atoms with E-state index >= 15 is 0 Å². The zero-order chi connectivity index (χ0) is 16.8. The van der Waals surface area contributed by atoms with Crippen LogP contribution in [0.3, 0.4) is 0 Å². The van der Waals surface area contributed by atoms with E-state index in [1.54, 1.807) is 0 Å². The third-order valence-corrected chi connectivity index (χ3v) is 4.46. The number of benzene rings is 1. The van der Waals surface area contributed by atoms with E-state index in [4.69, 9.17) is 12.2 Å². The average Bonchev–Trinajstić information content (AvgIpc) is 2.57. The van der Waals surface area contributed by atoms with Gasteiger partial charge in [0.05, 0.1) is 0 Å². The van der Waals surface area contributed by atoms with Gasteiger partial charge in [0.25, 0.3) is 0 Å². The molecule has 0 aliphatic rings. The van der Waals surface area contributed by atoms with E-state index in [0.29, 0.717) is 0 Å². The smallest absolute Gasteiger partial charge is 0.170 e. The summed E-state index contributed by atoms with van der Waals surface area (Å²) in [5.41, 5.74) is 2.43. The molecule has 0 unspecified atom stereocenters. The van der Waals surface area contributed by atoms with E-state index in [1.807, 2.05) is 6.07 Å². The summed E-state index contributed by atoms with van der Waals surface area (Å²) in [6.45, 7) is 5.41. The largest absolute Gasteiger partial charge is 0.362 e. The molecule has 0 saturated heterocycles. The molecule has 0 aliphatic heterocycles. The maximum Gasteiger partial charge on any atom is 0.170 e. The highest BCUT2D eigenvalue weighted by Crippen LogP contribution is 2.15. The predicted molar refractivity (Wildman–Crippen MR) is 107 cm³/mol. The number of hydrogen-bond donors (Lipinski definition) is 2. The van der Waals surface area contributed by atoms with Crippen LogP contribution in [0.2, 0.25) is 0 Å². The fraction of sp³-hybridized carbons (Fsp3) is 0.650. The third-order valence-electron chi connectivity index (χ3n) is 4.21. The second-order valence-corrected chi connectivity index (χ2v) is 6.63. The molecule has 0 aliphatic carbocycles. The van der Waals surface area contributed by atoms with Gasteiger partial charge in [-0.3, -0.25) is 0 Å². The summed E-state index contributed by atoms with van der Waals surface area (Å²) in [7, 11) is 0. The molecule has 2 nitrogen and oxygen atoms in total. The van der Waals surface area contributed by atoms with Crippen molar-refractivity contribution in [1.82, 2.24) is 5.32 Å². The molecule has 0 bridgehead atoms. The Morgan fingerprint density at radius 2 is 1.48 bits per heavy atom. The molecule has 0 saturated carbocycles. The number of thiocarbonyl (C=S) groups is 1. The molecule has 0 heterocycles. The minimum Gasteiger partial charge on any atom is -0.362 e. The second kappa shape index (κ2) is 13.4. The van der Waals surface area contributed by atoms with E-state index in [1.165, 1.54) is 63.4 Å². The zero-order valence-corrected chi connectivity index (χ0v) is 15.8. The molecule has 130 valence electrons. The molecular weight excluding hydrogens is 300 g/mol. The fourth-order valence-corrected chi connectivity index (χ4v) is 2.97. The molecule has 0 amide bonds. The number of unbranched alkanes of at least 4 members (excludes halogenated alkanes) is 8. The van der Waals surface area contributed by atoms with Crippen molar-refractivity contribution in [2.24, 2.45) is 0 Å². The maximum absolute atomic E-state index is 5.38. The summed E-state index contributed by atoms with van der Waals surface area (Å²) in [6, 6.07) is 8.35. The van der Waals surface area contributed by atoms with Crippen LogP contribution in [-0.4, -0.2) is 11.7 Å². The normalized spacial score (nSPS) is 10.5. The van der Waals surface area contributed by atoms with Crippen LogP contribution in [0.5, 0.6) is 0 Å². The molecule has 0 atom stereocenters. The summed E-state index contributed by atoms with van der Waals surface area (Å²) in [5.74, 6) is 0. The number of hydrogen-bond acceptors (Lipinski definition) is 1. The van der Waals surface area contributed by atoms with Crippen molar-refractivity contribution in [3.05, 3.63) is 29.8 Å². The monoisotopic (exact) mass is 334 g/mol. The number of rotatable bonds is 12. The van der Waals surface area contributed by atoms with Gasteiger partial charge >= 0.3 is 0 Å². The van der Waals surface area contributed by atoms with E-state index in [0.717, 1.165) is 23.8 Å². The molecule has 1 aromatic rings. The lowest BCUT2D eigenvalue weighted by atomic mass is 10.1. The molecule has 2 N–H and O–H groups in total. The quantitative estimate of drug-likeness (QED) is 0.358. The van der Waals surface area contributed by atoms with Crippen LogP contribution in [0.1, 0.15) is 77.2 Å². The molecule has 23 heavy (non-hydrogen) atoms. The van der Waals surface area contributed by atoms with Gasteiger partial charge in [-0.2, -0.15) is 0 Å². The van der Waals surface area contributed by atoms with E-state index < -0.39 is 0 Å². The Hall–Kier alpha value is -1.09. The van der Waals surface area contributed by atoms with Crippen LogP contribution < -0.4 is 10.6 Å². The van der Waals surface area contributed by atoms with Crippen LogP contribution in [-0.2, 0) is 6.42 Å². The van der Waals surface area contributed by atoms with Crippen LogP contribution in [0.15, 0.2) is 24.3 Å². The number of para-hydroxylation sites is 1. The van der Waals surface area contributed by atoms with Crippen LogP contribution >= 0.6 is 12.2 Å². The third kappa shape index (κ3) is 9.60. The van der Waals surface area contributed by atoms with Gasteiger partial charge in [-0.15, -0.1) is 0 Å². The van der Waals surface area contributed by atoms with Gasteiger partial charge in [-0.1, -0.05) is 83.4 Å². The summed E-state index contributed by atoms with van der Waals surface area (Å²) in [4.78, 5) is 0. The van der Waals surface area contributed by atoms with Crippen molar-refractivity contribution >= 4 is 23.0 Å². The van der Waals surface area contributed by atoms with Crippen molar-refractivity contribution in [2.75, 3.05) is 11.9 Å². The van der Waals surface area contributed by atoms with Gasteiger partial charge in [-0.05, 0) is 36.7 Å². The first-order valence-electron chi connectivity index (χ1n) is 9.40. The van der Waals surface area contributed by atoms with E-state index in [9.17, 15) is 0 Å². The minimum atomic E-state index is 0.741. The SMILES string of the molecule is CCCCCCCCCCCNC(=S)Nc1ccccc1CC. The molecule has 1 aromatic carbocycles. The Morgan fingerprint density at radius 3 is 2.13 bits per heavy atom. The highest BCUT2D eigenvalue weighted by Gasteiger charge is 2.01. The van der Waals surface area contributed by atoms with Crippen molar-refractivity contribution < 1.29 is 0 Å². The molecule has 1 rings (SSSR count). The number of aryl methyl sites for hydroxylation is 1. The molecule has 0 aromatic heterocycles. The van der Waals surface area contributed by atoms with Gasteiger partial charge < -0.3 is 10.6 Å². The Balaban J connectivity index is 2.02. The van der Waals surface area contributed by atoms with Crippen LogP contribution in [0, 0.1) is 0 Å². The first-order valence-corrected chi connectivity index (χ1v) is 9.81. The lowest BCUT2D eigenvalue weighted by Crippen LogP contribution is -2.29.